The molecule has 4 nitrogen and oxygen atoms in total. The summed E-state index contributed by atoms with van der Waals surface area (Å²) >= 11 is 0. The molecule has 1 atom stereocenters. The van der Waals surface area contributed by atoms with Crippen LogP contribution in [0, 0.1) is 0 Å². The molecule has 2 rings (SSSR count). The minimum Gasteiger partial charge on any atom is -0.341 e. The van der Waals surface area contributed by atoms with E-state index in [0.717, 1.165) is 13.1 Å². The highest BCUT2D eigenvalue weighted by molar-refractivity contribution is 5.82. The standard InChI is InChI=1S/C11H18F3N3O/c1-8(17-6-4-15-5-7-17)9(18)16-10(2-3-10)11(12,13)14/h8,15H,2-7H2,1H3,(H,16,18). The van der Waals surface area contributed by atoms with E-state index in [1.165, 1.54) is 0 Å². The average molecular weight is 265 g/mol. The van der Waals surface area contributed by atoms with E-state index in [1.807, 2.05) is 4.90 Å². The van der Waals surface area contributed by atoms with Gasteiger partial charge in [0.05, 0.1) is 6.04 Å². The van der Waals surface area contributed by atoms with Crippen LogP contribution in [-0.2, 0) is 4.79 Å². The number of rotatable bonds is 3. The molecule has 104 valence electrons. The first-order valence-corrected chi connectivity index (χ1v) is 6.19. The lowest BCUT2D eigenvalue weighted by atomic mass is 10.2. The summed E-state index contributed by atoms with van der Waals surface area (Å²) in [5.41, 5.74) is -1.95. The van der Waals surface area contributed by atoms with Crippen LogP contribution in [0.15, 0.2) is 0 Å². The summed E-state index contributed by atoms with van der Waals surface area (Å²) in [4.78, 5) is 13.8. The molecule has 1 heterocycles. The van der Waals surface area contributed by atoms with E-state index in [9.17, 15) is 18.0 Å². The van der Waals surface area contributed by atoms with Crippen molar-refractivity contribution in [1.29, 1.82) is 0 Å². The monoisotopic (exact) mass is 265 g/mol. The first kappa shape index (κ1) is 13.6. The number of carbonyl (C=O) groups excluding carboxylic acids is 1. The van der Waals surface area contributed by atoms with Gasteiger partial charge >= 0.3 is 6.18 Å². The SMILES string of the molecule is CC(C(=O)NC1(C(F)(F)F)CC1)N1CCNCC1. The van der Waals surface area contributed by atoms with E-state index in [4.69, 9.17) is 0 Å². The molecule has 0 bridgehead atoms. The van der Waals surface area contributed by atoms with Gasteiger partial charge in [-0.1, -0.05) is 0 Å². The number of nitrogens with one attached hydrogen (secondary N) is 2. The lowest BCUT2D eigenvalue weighted by molar-refractivity contribution is -0.171. The van der Waals surface area contributed by atoms with Crippen LogP contribution in [0.3, 0.4) is 0 Å². The molecule has 1 aliphatic carbocycles. The van der Waals surface area contributed by atoms with Gasteiger partial charge in [0.15, 0.2) is 0 Å². The molecule has 0 radical (unpaired) electrons. The normalized spacial score (nSPS) is 25.6. The maximum Gasteiger partial charge on any atom is 0.411 e. The molecule has 2 fully saturated rings. The summed E-state index contributed by atoms with van der Waals surface area (Å²) in [7, 11) is 0. The molecule has 0 aromatic carbocycles. The summed E-state index contributed by atoms with van der Waals surface area (Å²) in [5, 5.41) is 5.32. The zero-order valence-corrected chi connectivity index (χ0v) is 10.3. The predicted molar refractivity (Wildman–Crippen MR) is 60.1 cm³/mol. The van der Waals surface area contributed by atoms with E-state index in [-0.39, 0.29) is 12.8 Å². The van der Waals surface area contributed by atoms with Gasteiger partial charge in [-0.2, -0.15) is 13.2 Å². The van der Waals surface area contributed by atoms with Gasteiger partial charge in [-0.15, -0.1) is 0 Å². The Morgan fingerprint density at radius 2 is 1.89 bits per heavy atom. The van der Waals surface area contributed by atoms with Crippen LogP contribution in [0.1, 0.15) is 19.8 Å². The number of piperazine rings is 1. The van der Waals surface area contributed by atoms with E-state index in [0.29, 0.717) is 13.1 Å². The molecule has 2 aliphatic rings. The van der Waals surface area contributed by atoms with E-state index in [2.05, 4.69) is 10.6 Å². The van der Waals surface area contributed by atoms with Crippen molar-refractivity contribution in [3.63, 3.8) is 0 Å². The van der Waals surface area contributed by atoms with Crippen LogP contribution in [0.5, 0.6) is 0 Å². The van der Waals surface area contributed by atoms with Gasteiger partial charge < -0.3 is 10.6 Å². The van der Waals surface area contributed by atoms with Crippen molar-refractivity contribution in [3.05, 3.63) is 0 Å². The fraction of sp³-hybridized carbons (Fsp3) is 0.909. The lowest BCUT2D eigenvalue weighted by Crippen LogP contribution is -2.57. The first-order valence-electron chi connectivity index (χ1n) is 6.19. The maximum atomic E-state index is 12.7. The van der Waals surface area contributed by atoms with Crippen LogP contribution in [0.2, 0.25) is 0 Å². The highest BCUT2D eigenvalue weighted by atomic mass is 19.4. The van der Waals surface area contributed by atoms with Crippen molar-refractivity contribution in [2.45, 2.75) is 37.5 Å². The summed E-state index contributed by atoms with van der Waals surface area (Å²) in [6.45, 7) is 4.57. The third-order valence-electron chi connectivity index (χ3n) is 3.73. The Labute approximate surface area is 104 Å². The molecule has 0 aromatic heterocycles. The van der Waals surface area contributed by atoms with E-state index >= 15 is 0 Å². The van der Waals surface area contributed by atoms with Crippen LogP contribution in [0.4, 0.5) is 13.2 Å². The van der Waals surface area contributed by atoms with Crippen molar-refractivity contribution in [3.8, 4) is 0 Å². The molecule has 2 N–H and O–H groups in total. The molecule has 1 aliphatic heterocycles. The van der Waals surface area contributed by atoms with Crippen molar-refractivity contribution < 1.29 is 18.0 Å². The molecular formula is C11H18F3N3O. The fourth-order valence-electron chi connectivity index (χ4n) is 2.18. The Hall–Kier alpha value is -0.820. The number of nitrogens with zero attached hydrogens (tertiary/aromatic N) is 1. The predicted octanol–water partition coefficient (Wildman–Crippen LogP) is 0.491. The second kappa shape index (κ2) is 4.70. The molecular weight excluding hydrogens is 247 g/mol. The Morgan fingerprint density at radius 3 is 2.33 bits per heavy atom. The number of alkyl halides is 3. The van der Waals surface area contributed by atoms with E-state index < -0.39 is 23.7 Å². The zero-order valence-electron chi connectivity index (χ0n) is 10.3. The highest BCUT2D eigenvalue weighted by Crippen LogP contribution is 2.48. The van der Waals surface area contributed by atoms with Gasteiger partial charge in [0.2, 0.25) is 5.91 Å². The van der Waals surface area contributed by atoms with E-state index in [1.54, 1.807) is 6.92 Å². The van der Waals surface area contributed by atoms with Crippen LogP contribution in [0.25, 0.3) is 0 Å². The summed E-state index contributed by atoms with van der Waals surface area (Å²) in [6, 6.07) is -0.507. The zero-order chi connectivity index (χ0) is 13.4. The second-order valence-corrected chi connectivity index (χ2v) is 5.03. The fourth-order valence-corrected chi connectivity index (χ4v) is 2.18. The Balaban J connectivity index is 1.91. The van der Waals surface area contributed by atoms with Gasteiger partial charge in [-0.25, -0.2) is 0 Å². The number of halogens is 3. The Kier molecular flexibility index (Phi) is 3.55. The van der Waals surface area contributed by atoms with Gasteiger partial charge in [0, 0.05) is 26.2 Å². The summed E-state index contributed by atoms with van der Waals surface area (Å²) < 4.78 is 38.2. The van der Waals surface area contributed by atoms with Crippen molar-refractivity contribution in [1.82, 2.24) is 15.5 Å². The average Bonchev–Trinajstić information content (AvgIpc) is 3.09. The summed E-state index contributed by atoms with van der Waals surface area (Å²) in [5.74, 6) is -0.522. The maximum absolute atomic E-state index is 12.7. The number of hydrogen-bond donors (Lipinski definition) is 2. The van der Waals surface area contributed by atoms with Crippen LogP contribution < -0.4 is 10.6 Å². The van der Waals surface area contributed by atoms with Gasteiger partial charge in [0.1, 0.15) is 5.54 Å². The number of carbonyl (C=O) groups is 1. The third-order valence-corrected chi connectivity index (χ3v) is 3.73. The van der Waals surface area contributed by atoms with Crippen molar-refractivity contribution in [2.75, 3.05) is 26.2 Å². The molecule has 1 saturated carbocycles. The molecule has 18 heavy (non-hydrogen) atoms. The topological polar surface area (TPSA) is 44.4 Å². The number of amides is 1. The largest absolute Gasteiger partial charge is 0.411 e. The van der Waals surface area contributed by atoms with Crippen LogP contribution in [-0.4, -0.2) is 54.7 Å². The molecule has 0 spiro atoms. The Morgan fingerprint density at radius 1 is 1.33 bits per heavy atom. The molecule has 1 amide bonds. The molecule has 1 unspecified atom stereocenters. The Bertz CT molecular complexity index is 322. The van der Waals surface area contributed by atoms with Crippen molar-refractivity contribution >= 4 is 5.91 Å². The second-order valence-electron chi connectivity index (χ2n) is 5.03. The number of hydrogen-bond acceptors (Lipinski definition) is 3. The molecule has 0 aromatic rings. The minimum absolute atomic E-state index is 0.00346. The smallest absolute Gasteiger partial charge is 0.341 e. The molecule has 1 saturated heterocycles. The first-order chi connectivity index (χ1) is 8.36. The summed E-state index contributed by atoms with van der Waals surface area (Å²) in [6.07, 6.45) is -4.35. The van der Waals surface area contributed by atoms with Gasteiger partial charge in [-0.3, -0.25) is 9.69 Å². The quantitative estimate of drug-likeness (QED) is 0.780. The minimum atomic E-state index is -4.34. The van der Waals surface area contributed by atoms with Gasteiger partial charge in [-0.05, 0) is 19.8 Å². The lowest BCUT2D eigenvalue weighted by Gasteiger charge is -2.33. The van der Waals surface area contributed by atoms with Crippen molar-refractivity contribution in [2.24, 2.45) is 0 Å². The van der Waals surface area contributed by atoms with Crippen LogP contribution >= 0.6 is 0 Å². The van der Waals surface area contributed by atoms with Gasteiger partial charge in [0.25, 0.3) is 0 Å². The molecule has 7 heteroatoms. The third kappa shape index (κ3) is 2.61. The highest BCUT2D eigenvalue weighted by Gasteiger charge is 2.64.